The van der Waals surface area contributed by atoms with Crippen LogP contribution < -0.4 is 9.61 Å². The molecule has 4 nitrogen and oxygen atoms in total. The molecule has 0 radical (unpaired) electrons. The Kier molecular flexibility index (Phi) is 3.48. The summed E-state index contributed by atoms with van der Waals surface area (Å²) >= 11 is 0. The molecular weight excluding hydrogens is 189 g/mol. The van der Waals surface area contributed by atoms with E-state index in [1.165, 1.54) is 14.2 Å². The maximum Gasteiger partial charge on any atom is 0.458 e. The van der Waals surface area contributed by atoms with E-state index in [1.54, 1.807) is 24.3 Å². The minimum absolute atomic E-state index is 0.516. The molecule has 0 aromatic heterocycles. The molecule has 0 aliphatic carbocycles. The summed E-state index contributed by atoms with van der Waals surface area (Å²) in [4.78, 5) is 0. The fraction of sp³-hybridized carbons (Fsp3) is 0.250. The van der Waals surface area contributed by atoms with Crippen molar-refractivity contribution in [2.75, 3.05) is 14.2 Å². The van der Waals surface area contributed by atoms with Gasteiger partial charge in [-0.2, -0.15) is 0 Å². The Balaban J connectivity index is 2.74. The summed E-state index contributed by atoms with van der Waals surface area (Å²) in [6, 6.07) is 8.87. The van der Waals surface area contributed by atoms with Crippen LogP contribution in [-0.4, -0.2) is 14.2 Å². The zero-order chi connectivity index (χ0) is 9.73. The van der Waals surface area contributed by atoms with Gasteiger partial charge in [-0.05, 0) is 19.2 Å². The summed E-state index contributed by atoms with van der Waals surface area (Å²) in [5, 5.41) is 2.49. The van der Waals surface area contributed by atoms with E-state index in [9.17, 15) is 4.57 Å². The van der Waals surface area contributed by atoms with E-state index in [1.807, 2.05) is 6.07 Å². The van der Waals surface area contributed by atoms with Crippen LogP contribution in [0.4, 0.5) is 0 Å². The molecule has 1 atom stereocenters. The lowest BCUT2D eigenvalue weighted by molar-refractivity contribution is 0.313. The van der Waals surface area contributed by atoms with Crippen molar-refractivity contribution in [2.24, 2.45) is 0 Å². The second kappa shape index (κ2) is 4.42. The van der Waals surface area contributed by atoms with E-state index in [2.05, 4.69) is 5.09 Å². The van der Waals surface area contributed by atoms with Gasteiger partial charge in [0.05, 0.1) is 0 Å². The lowest BCUT2D eigenvalue weighted by Crippen LogP contribution is -2.09. The van der Waals surface area contributed by atoms with Crippen LogP contribution in [0.5, 0.6) is 5.75 Å². The monoisotopic (exact) mass is 201 g/mol. The highest BCUT2D eigenvalue weighted by molar-refractivity contribution is 7.52. The third kappa shape index (κ3) is 2.84. The van der Waals surface area contributed by atoms with Crippen molar-refractivity contribution < 1.29 is 13.6 Å². The number of hydrogen-bond acceptors (Lipinski definition) is 3. The minimum atomic E-state index is -3.15. The highest BCUT2D eigenvalue weighted by atomic mass is 31.2. The predicted molar refractivity (Wildman–Crippen MR) is 50.7 cm³/mol. The van der Waals surface area contributed by atoms with Gasteiger partial charge >= 0.3 is 7.75 Å². The van der Waals surface area contributed by atoms with Crippen LogP contribution in [0, 0.1) is 0 Å². The van der Waals surface area contributed by atoms with E-state index in [-0.39, 0.29) is 0 Å². The molecule has 0 heterocycles. The number of nitrogens with one attached hydrogen (secondary N) is 1. The van der Waals surface area contributed by atoms with E-state index in [4.69, 9.17) is 9.05 Å². The molecule has 0 spiro atoms. The molecule has 0 saturated heterocycles. The maximum atomic E-state index is 11.6. The molecule has 72 valence electrons. The highest BCUT2D eigenvalue weighted by Crippen LogP contribution is 2.42. The third-order valence-electron chi connectivity index (χ3n) is 1.48. The molecule has 13 heavy (non-hydrogen) atoms. The molecule has 0 saturated carbocycles. The summed E-state index contributed by atoms with van der Waals surface area (Å²) in [5.41, 5.74) is 0. The largest absolute Gasteiger partial charge is 0.458 e. The van der Waals surface area contributed by atoms with Gasteiger partial charge in [0.1, 0.15) is 5.75 Å². The van der Waals surface area contributed by atoms with Crippen molar-refractivity contribution in [1.29, 1.82) is 0 Å². The van der Waals surface area contributed by atoms with Crippen LogP contribution in [-0.2, 0) is 9.09 Å². The third-order valence-corrected chi connectivity index (χ3v) is 2.96. The summed E-state index contributed by atoms with van der Waals surface area (Å²) in [6.07, 6.45) is 0. The standard InChI is InChI=1S/C8H12NO3P/c1-9-13(10,11-2)12-8-6-4-3-5-7-8/h3-7H,1-2H3,(H,9,10). The Labute approximate surface area is 77.5 Å². The van der Waals surface area contributed by atoms with Crippen molar-refractivity contribution in [3.05, 3.63) is 30.3 Å². The van der Waals surface area contributed by atoms with Crippen LogP contribution in [0.15, 0.2) is 30.3 Å². The zero-order valence-corrected chi connectivity index (χ0v) is 8.45. The van der Waals surface area contributed by atoms with E-state index < -0.39 is 7.75 Å². The van der Waals surface area contributed by atoms with Gasteiger partial charge in [0.15, 0.2) is 0 Å². The first-order chi connectivity index (χ1) is 6.20. The molecule has 1 aromatic rings. The molecule has 5 heteroatoms. The minimum Gasteiger partial charge on any atom is -0.413 e. The smallest absolute Gasteiger partial charge is 0.413 e. The van der Waals surface area contributed by atoms with Crippen molar-refractivity contribution >= 4 is 7.75 Å². The summed E-state index contributed by atoms with van der Waals surface area (Å²) in [6.45, 7) is 0. The first kappa shape index (κ1) is 10.3. The first-order valence-corrected chi connectivity index (χ1v) is 5.34. The Morgan fingerprint density at radius 1 is 1.31 bits per heavy atom. The van der Waals surface area contributed by atoms with Gasteiger partial charge in [-0.3, -0.25) is 4.52 Å². The van der Waals surface area contributed by atoms with Gasteiger partial charge < -0.3 is 4.52 Å². The van der Waals surface area contributed by atoms with E-state index in [0.717, 1.165) is 0 Å². The molecule has 1 rings (SSSR count). The number of rotatable bonds is 4. The Morgan fingerprint density at radius 3 is 2.38 bits per heavy atom. The second-order valence-corrected chi connectivity index (χ2v) is 4.30. The lowest BCUT2D eigenvalue weighted by Gasteiger charge is -2.15. The van der Waals surface area contributed by atoms with Gasteiger partial charge in [0.25, 0.3) is 0 Å². The summed E-state index contributed by atoms with van der Waals surface area (Å²) in [7, 11) is -0.298. The van der Waals surface area contributed by atoms with Gasteiger partial charge in [-0.15, -0.1) is 0 Å². The fourth-order valence-corrected chi connectivity index (χ4v) is 1.54. The number of hydrogen-bond donors (Lipinski definition) is 1. The summed E-state index contributed by atoms with van der Waals surface area (Å²) < 4.78 is 21.4. The Bertz CT molecular complexity index is 294. The zero-order valence-electron chi connectivity index (χ0n) is 7.56. The van der Waals surface area contributed by atoms with Gasteiger partial charge in [0.2, 0.25) is 0 Å². The maximum absolute atomic E-state index is 11.6. The molecule has 0 amide bonds. The van der Waals surface area contributed by atoms with Crippen molar-refractivity contribution in [3.63, 3.8) is 0 Å². The molecule has 0 aliphatic heterocycles. The van der Waals surface area contributed by atoms with Crippen LogP contribution in [0.3, 0.4) is 0 Å². The molecular formula is C8H12NO3P. The van der Waals surface area contributed by atoms with Crippen molar-refractivity contribution in [3.8, 4) is 5.75 Å². The van der Waals surface area contributed by atoms with Gasteiger partial charge in [0, 0.05) is 7.11 Å². The molecule has 0 aliphatic rings. The molecule has 1 N–H and O–H groups in total. The highest BCUT2D eigenvalue weighted by Gasteiger charge is 2.21. The second-order valence-electron chi connectivity index (χ2n) is 2.31. The average molecular weight is 201 g/mol. The van der Waals surface area contributed by atoms with Crippen LogP contribution in [0.2, 0.25) is 0 Å². The number of para-hydroxylation sites is 1. The molecule has 0 bridgehead atoms. The van der Waals surface area contributed by atoms with Gasteiger partial charge in [-0.25, -0.2) is 9.65 Å². The molecule has 1 unspecified atom stereocenters. The molecule has 0 fully saturated rings. The fourth-order valence-electron chi connectivity index (χ4n) is 0.794. The Hall–Kier alpha value is -0.830. The average Bonchev–Trinajstić information content (AvgIpc) is 2.19. The van der Waals surface area contributed by atoms with Crippen LogP contribution in [0.1, 0.15) is 0 Å². The van der Waals surface area contributed by atoms with Crippen molar-refractivity contribution in [1.82, 2.24) is 5.09 Å². The first-order valence-electron chi connectivity index (χ1n) is 3.79. The predicted octanol–water partition coefficient (Wildman–Crippen LogP) is 2.04. The van der Waals surface area contributed by atoms with E-state index in [0.29, 0.717) is 5.75 Å². The van der Waals surface area contributed by atoms with Crippen molar-refractivity contribution in [2.45, 2.75) is 0 Å². The lowest BCUT2D eigenvalue weighted by atomic mass is 10.3. The molecule has 1 aromatic carbocycles. The summed E-state index contributed by atoms with van der Waals surface area (Å²) in [5.74, 6) is 0.516. The van der Waals surface area contributed by atoms with Crippen LogP contribution >= 0.6 is 7.75 Å². The topological polar surface area (TPSA) is 47.6 Å². The SMILES string of the molecule is CNP(=O)(OC)Oc1ccccc1. The van der Waals surface area contributed by atoms with Crippen LogP contribution in [0.25, 0.3) is 0 Å². The quantitative estimate of drug-likeness (QED) is 0.757. The normalized spacial score (nSPS) is 14.9. The number of benzene rings is 1. The van der Waals surface area contributed by atoms with Gasteiger partial charge in [-0.1, -0.05) is 18.2 Å². The Morgan fingerprint density at radius 2 is 1.92 bits per heavy atom. The van der Waals surface area contributed by atoms with E-state index >= 15 is 0 Å².